The average Bonchev–Trinajstić information content (AvgIpc) is 2.84. The van der Waals surface area contributed by atoms with E-state index in [1.807, 2.05) is 39.0 Å². The van der Waals surface area contributed by atoms with E-state index in [-0.39, 0.29) is 23.9 Å². The summed E-state index contributed by atoms with van der Waals surface area (Å²) in [5, 5.41) is 2.99. The fourth-order valence-corrected chi connectivity index (χ4v) is 5.06. The number of nitrogens with one attached hydrogen (secondary N) is 1. The standard InChI is InChI=1S/C28H42N2O4/c1-28(2,3)27(32)29-23(18-20-16-17-24(33-4)25(19-20)34-5)26(31)30(21-12-8-6-9-13-21)22-14-10-7-11-15-22/h16-19,21-22H,6-15H2,1-5H3,(H,29,32)/b23-18+. The van der Waals surface area contributed by atoms with E-state index in [1.165, 1.54) is 12.8 Å². The van der Waals surface area contributed by atoms with Gasteiger partial charge in [-0.05, 0) is 49.5 Å². The average molecular weight is 471 g/mol. The predicted molar refractivity (Wildman–Crippen MR) is 136 cm³/mol. The molecule has 0 bridgehead atoms. The molecule has 6 heteroatoms. The van der Waals surface area contributed by atoms with Crippen molar-refractivity contribution in [3.63, 3.8) is 0 Å². The van der Waals surface area contributed by atoms with E-state index in [9.17, 15) is 9.59 Å². The number of carbonyl (C=O) groups is 2. The van der Waals surface area contributed by atoms with Crippen LogP contribution in [-0.2, 0) is 9.59 Å². The normalized spacial score (nSPS) is 18.3. The summed E-state index contributed by atoms with van der Waals surface area (Å²) in [6.07, 6.45) is 13.0. The van der Waals surface area contributed by atoms with Crippen LogP contribution in [0.2, 0.25) is 0 Å². The van der Waals surface area contributed by atoms with E-state index in [4.69, 9.17) is 9.47 Å². The zero-order chi connectivity index (χ0) is 24.7. The summed E-state index contributed by atoms with van der Waals surface area (Å²) in [6.45, 7) is 5.59. The minimum absolute atomic E-state index is 0.0637. The highest BCUT2D eigenvalue weighted by Crippen LogP contribution is 2.32. The van der Waals surface area contributed by atoms with E-state index in [0.29, 0.717) is 17.2 Å². The molecule has 0 unspecified atom stereocenters. The molecular weight excluding hydrogens is 428 g/mol. The van der Waals surface area contributed by atoms with Gasteiger partial charge in [-0.15, -0.1) is 0 Å². The minimum Gasteiger partial charge on any atom is -0.493 e. The zero-order valence-electron chi connectivity index (χ0n) is 21.6. The summed E-state index contributed by atoms with van der Waals surface area (Å²) in [5.74, 6) is 0.977. The largest absolute Gasteiger partial charge is 0.493 e. The summed E-state index contributed by atoms with van der Waals surface area (Å²) in [6, 6.07) is 6.01. The quantitative estimate of drug-likeness (QED) is 0.519. The molecule has 2 aliphatic carbocycles. The Morgan fingerprint density at radius 1 is 0.882 bits per heavy atom. The number of hydrogen-bond donors (Lipinski definition) is 1. The molecule has 0 aliphatic heterocycles. The Bertz CT molecular complexity index is 857. The Morgan fingerprint density at radius 3 is 1.88 bits per heavy atom. The number of ether oxygens (including phenoxy) is 2. The molecule has 0 spiro atoms. The maximum Gasteiger partial charge on any atom is 0.270 e. The van der Waals surface area contributed by atoms with Crippen molar-refractivity contribution in [3.8, 4) is 11.5 Å². The van der Waals surface area contributed by atoms with Crippen molar-refractivity contribution >= 4 is 17.9 Å². The van der Waals surface area contributed by atoms with E-state index in [1.54, 1.807) is 20.3 Å². The molecule has 0 heterocycles. The number of rotatable bonds is 7. The second-order valence-corrected chi connectivity index (χ2v) is 10.7. The van der Waals surface area contributed by atoms with Crippen molar-refractivity contribution < 1.29 is 19.1 Å². The maximum absolute atomic E-state index is 14.2. The highest BCUT2D eigenvalue weighted by atomic mass is 16.5. The summed E-state index contributed by atoms with van der Waals surface area (Å²) in [4.78, 5) is 29.3. The van der Waals surface area contributed by atoms with Gasteiger partial charge in [0.05, 0.1) is 14.2 Å². The zero-order valence-corrected chi connectivity index (χ0v) is 21.6. The number of methoxy groups -OCH3 is 2. The van der Waals surface area contributed by atoms with Crippen LogP contribution >= 0.6 is 0 Å². The first-order valence-corrected chi connectivity index (χ1v) is 12.8. The van der Waals surface area contributed by atoms with Gasteiger partial charge in [-0.2, -0.15) is 0 Å². The van der Waals surface area contributed by atoms with E-state index >= 15 is 0 Å². The van der Waals surface area contributed by atoms with E-state index in [2.05, 4.69) is 10.2 Å². The highest BCUT2D eigenvalue weighted by molar-refractivity contribution is 6.02. The molecule has 0 saturated heterocycles. The lowest BCUT2D eigenvalue weighted by Gasteiger charge is -2.42. The third-order valence-corrected chi connectivity index (χ3v) is 7.05. The van der Waals surface area contributed by atoms with Crippen LogP contribution in [0.5, 0.6) is 11.5 Å². The smallest absolute Gasteiger partial charge is 0.270 e. The van der Waals surface area contributed by atoms with Gasteiger partial charge in [-0.25, -0.2) is 0 Å². The van der Waals surface area contributed by atoms with Gasteiger partial charge in [0.25, 0.3) is 5.91 Å². The number of nitrogens with zero attached hydrogens (tertiary/aromatic N) is 1. The lowest BCUT2D eigenvalue weighted by molar-refractivity contribution is -0.136. The molecule has 1 aromatic rings. The number of hydrogen-bond acceptors (Lipinski definition) is 4. The van der Waals surface area contributed by atoms with Crippen LogP contribution in [0, 0.1) is 5.41 Å². The Hall–Kier alpha value is -2.50. The number of benzene rings is 1. The van der Waals surface area contributed by atoms with Gasteiger partial charge in [-0.3, -0.25) is 9.59 Å². The van der Waals surface area contributed by atoms with Gasteiger partial charge in [0.1, 0.15) is 5.70 Å². The lowest BCUT2D eigenvalue weighted by atomic mass is 9.88. The molecule has 1 aromatic carbocycles. The predicted octanol–water partition coefficient (Wildman–Crippen LogP) is 5.70. The summed E-state index contributed by atoms with van der Waals surface area (Å²) in [7, 11) is 3.19. The van der Waals surface area contributed by atoms with Crippen LogP contribution in [0.25, 0.3) is 6.08 Å². The second kappa shape index (κ2) is 11.8. The molecule has 34 heavy (non-hydrogen) atoms. The van der Waals surface area contributed by atoms with Crippen molar-refractivity contribution in [2.45, 2.75) is 97.1 Å². The van der Waals surface area contributed by atoms with E-state index < -0.39 is 5.41 Å². The van der Waals surface area contributed by atoms with Crippen LogP contribution in [0.15, 0.2) is 23.9 Å². The second-order valence-electron chi connectivity index (χ2n) is 10.7. The Balaban J connectivity index is 2.00. The van der Waals surface area contributed by atoms with Crippen LogP contribution in [0.4, 0.5) is 0 Å². The highest BCUT2D eigenvalue weighted by Gasteiger charge is 2.35. The molecule has 0 atom stereocenters. The van der Waals surface area contributed by atoms with Gasteiger partial charge in [0, 0.05) is 17.5 Å². The summed E-state index contributed by atoms with van der Waals surface area (Å²) in [5.41, 5.74) is 0.503. The van der Waals surface area contributed by atoms with Gasteiger partial charge in [-0.1, -0.05) is 65.4 Å². The van der Waals surface area contributed by atoms with Gasteiger partial charge >= 0.3 is 0 Å². The van der Waals surface area contributed by atoms with Crippen LogP contribution in [0.3, 0.4) is 0 Å². The fourth-order valence-electron chi connectivity index (χ4n) is 5.06. The fraction of sp³-hybridized carbons (Fsp3) is 0.643. The first-order valence-electron chi connectivity index (χ1n) is 12.8. The molecule has 0 radical (unpaired) electrons. The third-order valence-electron chi connectivity index (χ3n) is 7.05. The summed E-state index contributed by atoms with van der Waals surface area (Å²) >= 11 is 0. The molecule has 0 aromatic heterocycles. The molecule has 2 amide bonds. The maximum atomic E-state index is 14.2. The van der Waals surface area contributed by atoms with Crippen LogP contribution in [0.1, 0.15) is 90.5 Å². The first kappa shape index (κ1) is 26.1. The minimum atomic E-state index is -0.614. The van der Waals surface area contributed by atoms with Crippen molar-refractivity contribution in [2.24, 2.45) is 5.41 Å². The van der Waals surface area contributed by atoms with Gasteiger partial charge in [0.15, 0.2) is 11.5 Å². The van der Waals surface area contributed by atoms with E-state index in [0.717, 1.165) is 56.9 Å². The molecule has 2 saturated carbocycles. The van der Waals surface area contributed by atoms with Crippen molar-refractivity contribution in [3.05, 3.63) is 29.5 Å². The number of carbonyl (C=O) groups excluding carboxylic acids is 2. The molecule has 2 aliphatic rings. The van der Waals surface area contributed by atoms with Crippen LogP contribution < -0.4 is 14.8 Å². The molecule has 3 rings (SSSR count). The van der Waals surface area contributed by atoms with Crippen molar-refractivity contribution in [2.75, 3.05) is 14.2 Å². The molecular formula is C28H42N2O4. The SMILES string of the molecule is COc1ccc(/C=C(/NC(=O)C(C)(C)C)C(=O)N(C2CCCCC2)C2CCCCC2)cc1OC. The molecule has 1 N–H and O–H groups in total. The third kappa shape index (κ3) is 6.55. The Morgan fingerprint density at radius 2 is 1.41 bits per heavy atom. The summed E-state index contributed by atoms with van der Waals surface area (Å²) < 4.78 is 10.8. The Kier molecular flexibility index (Phi) is 9.03. The number of amides is 2. The monoisotopic (exact) mass is 470 g/mol. The topological polar surface area (TPSA) is 67.9 Å². The van der Waals surface area contributed by atoms with Gasteiger partial charge < -0.3 is 19.7 Å². The molecule has 188 valence electrons. The molecule has 2 fully saturated rings. The van der Waals surface area contributed by atoms with Gasteiger partial charge in [0.2, 0.25) is 5.91 Å². The van der Waals surface area contributed by atoms with Crippen molar-refractivity contribution in [1.82, 2.24) is 10.2 Å². The Labute approximate surface area is 205 Å². The molecule has 6 nitrogen and oxygen atoms in total. The van der Waals surface area contributed by atoms with Crippen molar-refractivity contribution in [1.29, 1.82) is 0 Å². The lowest BCUT2D eigenvalue weighted by Crippen LogP contribution is -2.51. The van der Waals surface area contributed by atoms with Crippen LogP contribution in [-0.4, -0.2) is 43.0 Å². The first-order chi connectivity index (χ1) is 16.2.